The van der Waals surface area contributed by atoms with Crippen molar-refractivity contribution in [3.05, 3.63) is 17.8 Å². The van der Waals surface area contributed by atoms with Crippen molar-refractivity contribution in [2.45, 2.75) is 6.42 Å². The molecule has 3 rings (SSSR count). The number of benzene rings is 1. The molecule has 0 saturated carbocycles. The van der Waals surface area contributed by atoms with E-state index in [1.807, 2.05) is 12.1 Å². The van der Waals surface area contributed by atoms with Crippen LogP contribution in [0.25, 0.3) is 11.0 Å². The molecule has 0 fully saturated rings. The Kier molecular flexibility index (Phi) is 2.98. The molecule has 0 bridgehead atoms. The van der Waals surface area contributed by atoms with Gasteiger partial charge in [-0.2, -0.15) is 0 Å². The summed E-state index contributed by atoms with van der Waals surface area (Å²) >= 11 is 0. The van der Waals surface area contributed by atoms with E-state index in [9.17, 15) is 0 Å². The van der Waals surface area contributed by atoms with Gasteiger partial charge in [0.2, 0.25) is 11.3 Å². The molecule has 1 N–H and O–H groups in total. The third kappa shape index (κ3) is 1.99. The third-order valence-electron chi connectivity index (χ3n) is 3.14. The van der Waals surface area contributed by atoms with Crippen LogP contribution in [0.1, 0.15) is 5.69 Å². The summed E-state index contributed by atoms with van der Waals surface area (Å²) in [4.78, 5) is 4.36. The Morgan fingerprint density at radius 1 is 1.32 bits per heavy atom. The van der Waals surface area contributed by atoms with Gasteiger partial charge in [-0.1, -0.05) is 5.16 Å². The van der Waals surface area contributed by atoms with Crippen LogP contribution in [0.3, 0.4) is 0 Å². The molecule has 0 spiro atoms. The Bertz CT molecular complexity index is 633. The van der Waals surface area contributed by atoms with Gasteiger partial charge in [0.15, 0.2) is 5.75 Å². The highest BCUT2D eigenvalue weighted by molar-refractivity contribution is 5.92. The summed E-state index contributed by atoms with van der Waals surface area (Å²) < 4.78 is 16.0. The molecular formula is C13H15N3O3. The zero-order chi connectivity index (χ0) is 13.2. The van der Waals surface area contributed by atoms with Crippen LogP contribution in [0, 0.1) is 0 Å². The van der Waals surface area contributed by atoms with Gasteiger partial charge >= 0.3 is 0 Å². The third-order valence-corrected chi connectivity index (χ3v) is 3.14. The molecule has 0 saturated heterocycles. The number of hydrogen-bond acceptors (Lipinski definition) is 6. The first kappa shape index (κ1) is 11.8. The smallest absolute Gasteiger partial charge is 0.212 e. The van der Waals surface area contributed by atoms with Crippen LogP contribution in [0.5, 0.6) is 11.5 Å². The average Bonchev–Trinajstić information content (AvgIpc) is 3.08. The minimum Gasteiger partial charge on any atom is -0.493 e. The molecule has 2 aromatic rings. The Balaban J connectivity index is 2.03. The fraction of sp³-hybridized carbons (Fsp3) is 0.385. The lowest BCUT2D eigenvalue weighted by molar-refractivity contribution is 0.347. The van der Waals surface area contributed by atoms with Gasteiger partial charge in [0, 0.05) is 11.9 Å². The molecule has 0 atom stereocenters. The summed E-state index contributed by atoms with van der Waals surface area (Å²) in [7, 11) is 3.18. The Hall–Kier alpha value is -2.24. The molecule has 6 nitrogen and oxygen atoms in total. The second kappa shape index (κ2) is 4.79. The van der Waals surface area contributed by atoms with Crippen LogP contribution in [0.2, 0.25) is 0 Å². The molecule has 100 valence electrons. The van der Waals surface area contributed by atoms with Crippen molar-refractivity contribution < 1.29 is 14.0 Å². The molecule has 1 aromatic heterocycles. The Labute approximate surface area is 110 Å². The van der Waals surface area contributed by atoms with Crippen molar-refractivity contribution in [3.63, 3.8) is 0 Å². The van der Waals surface area contributed by atoms with E-state index in [-0.39, 0.29) is 0 Å². The molecule has 0 aliphatic carbocycles. The van der Waals surface area contributed by atoms with E-state index in [1.54, 1.807) is 14.2 Å². The highest BCUT2D eigenvalue weighted by Crippen LogP contribution is 2.36. The molecule has 2 heterocycles. The van der Waals surface area contributed by atoms with Crippen molar-refractivity contribution in [2.24, 2.45) is 4.99 Å². The maximum Gasteiger partial charge on any atom is 0.212 e. The van der Waals surface area contributed by atoms with Gasteiger partial charge in [-0.05, 0) is 12.1 Å². The summed E-state index contributed by atoms with van der Waals surface area (Å²) in [5, 5.41) is 8.26. The molecule has 0 unspecified atom stereocenters. The standard InChI is InChI=1S/C13H15N3O3/c1-17-10-4-3-8-9(7-11-14-5-6-15-11)16-19-12(8)13(10)18-2/h3-4H,5-7H2,1-2H3,(H,14,15). The predicted molar refractivity (Wildman–Crippen MR) is 71.1 cm³/mol. The van der Waals surface area contributed by atoms with Crippen molar-refractivity contribution in [2.75, 3.05) is 27.3 Å². The molecule has 1 aliphatic heterocycles. The number of hydrogen-bond donors (Lipinski definition) is 1. The van der Waals surface area contributed by atoms with Crippen LogP contribution in [0.15, 0.2) is 21.6 Å². The predicted octanol–water partition coefficient (Wildman–Crippen LogP) is 1.39. The van der Waals surface area contributed by atoms with Crippen molar-refractivity contribution in [1.29, 1.82) is 0 Å². The van der Waals surface area contributed by atoms with Gasteiger partial charge in [0.05, 0.1) is 32.9 Å². The second-order valence-corrected chi connectivity index (χ2v) is 4.24. The minimum absolute atomic E-state index is 0.570. The molecule has 1 aromatic carbocycles. The molecule has 1 aliphatic rings. The van der Waals surface area contributed by atoms with Gasteiger partial charge in [-0.25, -0.2) is 0 Å². The summed E-state index contributed by atoms with van der Waals surface area (Å²) in [5.74, 6) is 2.15. The molecular weight excluding hydrogens is 246 g/mol. The maximum atomic E-state index is 5.39. The quantitative estimate of drug-likeness (QED) is 0.900. The lowest BCUT2D eigenvalue weighted by Gasteiger charge is -2.06. The van der Waals surface area contributed by atoms with Crippen LogP contribution in [-0.4, -0.2) is 38.3 Å². The first-order valence-electron chi connectivity index (χ1n) is 6.10. The van der Waals surface area contributed by atoms with Crippen LogP contribution in [0.4, 0.5) is 0 Å². The van der Waals surface area contributed by atoms with E-state index in [0.29, 0.717) is 23.5 Å². The van der Waals surface area contributed by atoms with Crippen molar-refractivity contribution >= 4 is 16.8 Å². The lowest BCUT2D eigenvalue weighted by Crippen LogP contribution is -2.20. The maximum absolute atomic E-state index is 5.39. The van der Waals surface area contributed by atoms with Gasteiger partial charge < -0.3 is 19.3 Å². The normalized spacial score (nSPS) is 14.3. The summed E-state index contributed by atoms with van der Waals surface area (Å²) in [6, 6.07) is 3.78. The zero-order valence-corrected chi connectivity index (χ0v) is 10.9. The average molecular weight is 261 g/mol. The van der Waals surface area contributed by atoms with E-state index in [1.165, 1.54) is 0 Å². The number of aromatic nitrogens is 1. The second-order valence-electron chi connectivity index (χ2n) is 4.24. The fourth-order valence-electron chi connectivity index (χ4n) is 2.22. The largest absolute Gasteiger partial charge is 0.493 e. The number of nitrogens with one attached hydrogen (secondary N) is 1. The van der Waals surface area contributed by atoms with Crippen molar-refractivity contribution in [1.82, 2.24) is 10.5 Å². The highest BCUT2D eigenvalue weighted by Gasteiger charge is 2.18. The highest BCUT2D eigenvalue weighted by atomic mass is 16.5. The van der Waals surface area contributed by atoms with Crippen LogP contribution in [-0.2, 0) is 6.42 Å². The summed E-state index contributed by atoms with van der Waals surface area (Å²) in [6.07, 6.45) is 0.641. The van der Waals surface area contributed by atoms with Gasteiger partial charge in [-0.3, -0.25) is 4.99 Å². The number of ether oxygens (including phenoxy) is 2. The van der Waals surface area contributed by atoms with Crippen molar-refractivity contribution in [3.8, 4) is 11.5 Å². The minimum atomic E-state index is 0.570. The van der Waals surface area contributed by atoms with Gasteiger partial charge in [0.25, 0.3) is 0 Å². The fourth-order valence-corrected chi connectivity index (χ4v) is 2.22. The molecule has 0 radical (unpaired) electrons. The number of amidine groups is 1. The number of nitrogens with zero attached hydrogens (tertiary/aromatic N) is 2. The Morgan fingerprint density at radius 2 is 2.21 bits per heavy atom. The number of fused-ring (bicyclic) bond motifs is 1. The number of aliphatic imine (C=N–C) groups is 1. The molecule has 19 heavy (non-hydrogen) atoms. The number of rotatable bonds is 4. The first-order valence-corrected chi connectivity index (χ1v) is 6.10. The lowest BCUT2D eigenvalue weighted by atomic mass is 10.1. The van der Waals surface area contributed by atoms with E-state index >= 15 is 0 Å². The summed E-state index contributed by atoms with van der Waals surface area (Å²) in [6.45, 7) is 1.71. The van der Waals surface area contributed by atoms with Crippen LogP contribution >= 0.6 is 0 Å². The van der Waals surface area contributed by atoms with E-state index in [2.05, 4.69) is 15.5 Å². The van der Waals surface area contributed by atoms with E-state index in [4.69, 9.17) is 14.0 Å². The van der Waals surface area contributed by atoms with Gasteiger partial charge in [-0.15, -0.1) is 0 Å². The summed E-state index contributed by atoms with van der Waals surface area (Å²) in [5.41, 5.74) is 1.46. The number of methoxy groups -OCH3 is 2. The van der Waals surface area contributed by atoms with Gasteiger partial charge in [0.1, 0.15) is 5.84 Å². The zero-order valence-electron chi connectivity index (χ0n) is 10.9. The van der Waals surface area contributed by atoms with Crippen LogP contribution < -0.4 is 14.8 Å². The topological polar surface area (TPSA) is 68.9 Å². The molecule has 6 heteroatoms. The Morgan fingerprint density at radius 3 is 2.89 bits per heavy atom. The molecule has 0 amide bonds. The van der Waals surface area contributed by atoms with E-state index < -0.39 is 0 Å². The SMILES string of the molecule is COc1ccc2c(CC3=NCCN3)noc2c1OC. The van der Waals surface area contributed by atoms with E-state index in [0.717, 1.165) is 30.0 Å². The first-order chi connectivity index (χ1) is 9.33. The monoisotopic (exact) mass is 261 g/mol.